The SMILES string of the molecule is CC1CCCC=C1C1OC(=O)NC1=O. The maximum atomic E-state index is 11.3. The second-order valence-electron chi connectivity index (χ2n) is 3.81. The summed E-state index contributed by atoms with van der Waals surface area (Å²) < 4.78 is 4.92. The zero-order valence-electron chi connectivity index (χ0n) is 8.08. The number of ether oxygens (including phenoxy) is 1. The number of nitrogens with one attached hydrogen (secondary N) is 1. The van der Waals surface area contributed by atoms with E-state index >= 15 is 0 Å². The number of alkyl carbamates (subject to hydrolysis) is 1. The highest BCUT2D eigenvalue weighted by molar-refractivity contribution is 6.01. The van der Waals surface area contributed by atoms with Crippen molar-refractivity contribution in [2.75, 3.05) is 0 Å². The minimum absolute atomic E-state index is 0.324. The lowest BCUT2D eigenvalue weighted by Crippen LogP contribution is -2.28. The predicted molar refractivity (Wildman–Crippen MR) is 49.5 cm³/mol. The summed E-state index contributed by atoms with van der Waals surface area (Å²) in [7, 11) is 0. The molecule has 14 heavy (non-hydrogen) atoms. The summed E-state index contributed by atoms with van der Waals surface area (Å²) in [4.78, 5) is 22.2. The van der Waals surface area contributed by atoms with Crippen molar-refractivity contribution in [2.24, 2.45) is 5.92 Å². The number of amides is 2. The molecule has 0 aromatic carbocycles. The van der Waals surface area contributed by atoms with Gasteiger partial charge in [0.15, 0.2) is 0 Å². The van der Waals surface area contributed by atoms with Gasteiger partial charge >= 0.3 is 6.09 Å². The third-order valence-corrected chi connectivity index (χ3v) is 2.78. The monoisotopic (exact) mass is 195 g/mol. The summed E-state index contributed by atoms with van der Waals surface area (Å²) in [6, 6.07) is 0. The van der Waals surface area contributed by atoms with Gasteiger partial charge in [-0.2, -0.15) is 0 Å². The molecule has 2 unspecified atom stereocenters. The standard InChI is InChI=1S/C10H13NO3/c1-6-4-2-3-5-7(6)8-9(12)11-10(13)14-8/h5-6,8H,2-4H2,1H3,(H,11,12,13). The predicted octanol–water partition coefficient (Wildman–Crippen LogP) is 1.37. The van der Waals surface area contributed by atoms with Gasteiger partial charge in [0.05, 0.1) is 0 Å². The van der Waals surface area contributed by atoms with Gasteiger partial charge in [-0.15, -0.1) is 0 Å². The van der Waals surface area contributed by atoms with Gasteiger partial charge in [0.2, 0.25) is 6.10 Å². The molecular formula is C10H13NO3. The van der Waals surface area contributed by atoms with Crippen LogP contribution in [0.1, 0.15) is 26.2 Å². The van der Waals surface area contributed by atoms with E-state index in [4.69, 9.17) is 4.74 Å². The van der Waals surface area contributed by atoms with Crippen molar-refractivity contribution in [3.63, 3.8) is 0 Å². The van der Waals surface area contributed by atoms with Crippen LogP contribution in [-0.4, -0.2) is 18.1 Å². The molecule has 4 nitrogen and oxygen atoms in total. The second-order valence-corrected chi connectivity index (χ2v) is 3.81. The molecule has 0 saturated carbocycles. The smallest absolute Gasteiger partial charge is 0.415 e. The van der Waals surface area contributed by atoms with Crippen molar-refractivity contribution in [2.45, 2.75) is 32.3 Å². The van der Waals surface area contributed by atoms with Gasteiger partial charge in [0.1, 0.15) is 0 Å². The van der Waals surface area contributed by atoms with Crippen molar-refractivity contribution >= 4 is 12.0 Å². The normalized spacial score (nSPS) is 32.2. The molecule has 0 spiro atoms. The molecule has 2 aliphatic rings. The molecular weight excluding hydrogens is 182 g/mol. The second kappa shape index (κ2) is 3.44. The topological polar surface area (TPSA) is 55.4 Å². The fraction of sp³-hybridized carbons (Fsp3) is 0.600. The number of carbonyl (C=O) groups is 2. The Labute approximate surface area is 82.3 Å². The summed E-state index contributed by atoms with van der Waals surface area (Å²) in [5.41, 5.74) is 0.958. The van der Waals surface area contributed by atoms with Gasteiger partial charge in [-0.25, -0.2) is 4.79 Å². The minimum atomic E-state index is -0.669. The fourth-order valence-corrected chi connectivity index (χ4v) is 2.00. The number of rotatable bonds is 1. The van der Waals surface area contributed by atoms with Crippen LogP contribution in [0.3, 0.4) is 0 Å². The Hall–Kier alpha value is -1.32. The summed E-state index contributed by atoms with van der Waals surface area (Å²) >= 11 is 0. The van der Waals surface area contributed by atoms with Crippen molar-refractivity contribution in [1.82, 2.24) is 5.32 Å². The Kier molecular flexibility index (Phi) is 2.27. The lowest BCUT2D eigenvalue weighted by atomic mass is 9.86. The lowest BCUT2D eigenvalue weighted by molar-refractivity contribution is -0.122. The molecule has 76 valence electrons. The molecule has 4 heteroatoms. The minimum Gasteiger partial charge on any atom is -0.431 e. The first-order valence-electron chi connectivity index (χ1n) is 4.90. The molecule has 1 N–H and O–H groups in total. The highest BCUT2D eigenvalue weighted by Gasteiger charge is 2.37. The number of hydrogen-bond donors (Lipinski definition) is 1. The first-order valence-corrected chi connectivity index (χ1v) is 4.90. The number of allylic oxidation sites excluding steroid dienone is 1. The van der Waals surface area contributed by atoms with Crippen LogP contribution in [0.5, 0.6) is 0 Å². The number of imide groups is 1. The van der Waals surface area contributed by atoms with Gasteiger partial charge in [-0.3, -0.25) is 10.1 Å². The van der Waals surface area contributed by atoms with Gasteiger partial charge in [-0.1, -0.05) is 13.0 Å². The summed E-state index contributed by atoms with van der Waals surface area (Å²) in [5, 5.41) is 2.14. The Morgan fingerprint density at radius 2 is 2.29 bits per heavy atom. The molecule has 2 atom stereocenters. The van der Waals surface area contributed by atoms with E-state index in [-0.39, 0.29) is 5.91 Å². The molecule has 1 aliphatic heterocycles. The first-order chi connectivity index (χ1) is 6.68. The third-order valence-electron chi connectivity index (χ3n) is 2.78. The molecule has 2 amide bonds. The van der Waals surface area contributed by atoms with Crippen molar-refractivity contribution in [3.05, 3.63) is 11.6 Å². The summed E-state index contributed by atoms with van der Waals surface area (Å²) in [6.45, 7) is 2.06. The molecule has 1 heterocycles. The molecule has 1 saturated heterocycles. The van der Waals surface area contributed by atoms with Crippen molar-refractivity contribution in [1.29, 1.82) is 0 Å². The van der Waals surface area contributed by atoms with Gasteiger partial charge in [0, 0.05) is 0 Å². The molecule has 0 aromatic heterocycles. The van der Waals surface area contributed by atoms with Crippen molar-refractivity contribution in [3.8, 4) is 0 Å². The molecule has 1 aliphatic carbocycles. The van der Waals surface area contributed by atoms with E-state index in [9.17, 15) is 9.59 Å². The summed E-state index contributed by atoms with van der Waals surface area (Å²) in [5.74, 6) is 0.0143. The Balaban J connectivity index is 2.18. The van der Waals surface area contributed by atoms with Crippen LogP contribution in [0, 0.1) is 5.92 Å². The first kappa shape index (κ1) is 9.24. The van der Waals surface area contributed by atoms with Crippen molar-refractivity contribution < 1.29 is 14.3 Å². The van der Waals surface area contributed by atoms with Crippen LogP contribution in [0.25, 0.3) is 0 Å². The Morgan fingerprint density at radius 3 is 2.86 bits per heavy atom. The van der Waals surface area contributed by atoms with Crippen LogP contribution < -0.4 is 5.32 Å². The summed E-state index contributed by atoms with van der Waals surface area (Å²) in [6.07, 6.45) is 3.91. The van der Waals surface area contributed by atoms with Gasteiger partial charge in [-0.05, 0) is 30.8 Å². The molecule has 0 bridgehead atoms. The fourth-order valence-electron chi connectivity index (χ4n) is 2.00. The van der Waals surface area contributed by atoms with E-state index < -0.39 is 12.2 Å². The van der Waals surface area contributed by atoms with Gasteiger partial charge < -0.3 is 4.74 Å². The molecule has 0 radical (unpaired) electrons. The zero-order chi connectivity index (χ0) is 10.1. The average molecular weight is 195 g/mol. The van der Waals surface area contributed by atoms with E-state index in [1.807, 2.05) is 6.08 Å². The highest BCUT2D eigenvalue weighted by Crippen LogP contribution is 2.29. The van der Waals surface area contributed by atoms with Crippen LogP contribution in [0.2, 0.25) is 0 Å². The Bertz CT molecular complexity index is 308. The van der Waals surface area contributed by atoms with Gasteiger partial charge in [0.25, 0.3) is 5.91 Å². The van der Waals surface area contributed by atoms with E-state index in [1.165, 1.54) is 0 Å². The lowest BCUT2D eigenvalue weighted by Gasteiger charge is -2.22. The van der Waals surface area contributed by atoms with Crippen LogP contribution >= 0.6 is 0 Å². The molecule has 2 rings (SSSR count). The maximum absolute atomic E-state index is 11.3. The maximum Gasteiger partial charge on any atom is 0.415 e. The number of hydrogen-bond acceptors (Lipinski definition) is 3. The Morgan fingerprint density at radius 1 is 1.50 bits per heavy atom. The van der Waals surface area contributed by atoms with Crippen LogP contribution in [0.15, 0.2) is 11.6 Å². The molecule has 1 fully saturated rings. The van der Waals surface area contributed by atoms with E-state index in [0.717, 1.165) is 24.8 Å². The van der Waals surface area contributed by atoms with E-state index in [0.29, 0.717) is 5.92 Å². The number of carbonyl (C=O) groups excluding carboxylic acids is 2. The molecule has 0 aromatic rings. The highest BCUT2D eigenvalue weighted by atomic mass is 16.6. The quantitative estimate of drug-likeness (QED) is 0.643. The largest absolute Gasteiger partial charge is 0.431 e. The third kappa shape index (κ3) is 1.52. The zero-order valence-corrected chi connectivity index (χ0v) is 8.08. The van der Waals surface area contributed by atoms with E-state index in [1.54, 1.807) is 0 Å². The average Bonchev–Trinajstić information content (AvgIpc) is 2.46. The number of cyclic esters (lactones) is 1. The van der Waals surface area contributed by atoms with Crippen LogP contribution in [-0.2, 0) is 9.53 Å². The van der Waals surface area contributed by atoms with E-state index in [2.05, 4.69) is 12.2 Å². The van der Waals surface area contributed by atoms with Crippen LogP contribution in [0.4, 0.5) is 4.79 Å².